The number of hydrogen-bond acceptors (Lipinski definition) is 4. The van der Waals surface area contributed by atoms with Gasteiger partial charge in [-0.3, -0.25) is 9.59 Å². The maximum atomic E-state index is 13.4. The highest BCUT2D eigenvalue weighted by Gasteiger charge is 2.30. The second kappa shape index (κ2) is 11.9. The number of para-hydroxylation sites is 2. The standard InChI is InChI=1S/C26H27ClN2O4/c1-28-26(31)22(16-19-8-4-3-5-9-19)29(17-20-12-14-21(27)15-13-20)25(30)18-33-24-11-7-6-10-23(24)32-2/h3-15,22H,16-18H2,1-2H3,(H,28,31)/t22-/m1/s1. The van der Waals surface area contributed by atoms with E-state index in [1.807, 2.05) is 48.5 Å². The van der Waals surface area contributed by atoms with Gasteiger partial charge in [0.2, 0.25) is 5.91 Å². The molecule has 3 aromatic rings. The van der Waals surface area contributed by atoms with Gasteiger partial charge in [0, 0.05) is 25.0 Å². The molecule has 0 spiro atoms. The van der Waals surface area contributed by atoms with Gasteiger partial charge in [-0.25, -0.2) is 0 Å². The normalized spacial score (nSPS) is 11.4. The summed E-state index contributed by atoms with van der Waals surface area (Å²) in [7, 11) is 3.11. The van der Waals surface area contributed by atoms with Crippen LogP contribution in [0.4, 0.5) is 0 Å². The highest BCUT2D eigenvalue weighted by Crippen LogP contribution is 2.26. The van der Waals surface area contributed by atoms with E-state index in [4.69, 9.17) is 21.1 Å². The van der Waals surface area contributed by atoms with Crippen LogP contribution < -0.4 is 14.8 Å². The number of likely N-dealkylation sites (N-methyl/N-ethyl adjacent to an activating group) is 1. The van der Waals surface area contributed by atoms with Crippen molar-refractivity contribution in [2.45, 2.75) is 19.0 Å². The summed E-state index contributed by atoms with van der Waals surface area (Å²) < 4.78 is 11.1. The van der Waals surface area contributed by atoms with Gasteiger partial charge in [0.1, 0.15) is 6.04 Å². The Morgan fingerprint density at radius 1 is 0.909 bits per heavy atom. The van der Waals surface area contributed by atoms with Crippen molar-refractivity contribution in [2.75, 3.05) is 20.8 Å². The average Bonchev–Trinajstić information content (AvgIpc) is 2.86. The van der Waals surface area contributed by atoms with Crippen molar-refractivity contribution in [3.05, 3.63) is 95.0 Å². The molecule has 1 atom stereocenters. The molecular formula is C26H27ClN2O4. The molecule has 0 heterocycles. The Balaban J connectivity index is 1.87. The number of hydrogen-bond donors (Lipinski definition) is 1. The smallest absolute Gasteiger partial charge is 0.261 e. The van der Waals surface area contributed by atoms with Gasteiger partial charge in [0.05, 0.1) is 7.11 Å². The fraction of sp³-hybridized carbons (Fsp3) is 0.231. The number of nitrogens with one attached hydrogen (secondary N) is 1. The Labute approximate surface area is 199 Å². The SMILES string of the molecule is CNC(=O)[C@@H](Cc1ccccc1)N(Cc1ccc(Cl)cc1)C(=O)COc1ccccc1OC. The third kappa shape index (κ3) is 6.73. The zero-order valence-corrected chi connectivity index (χ0v) is 19.4. The minimum atomic E-state index is -0.721. The third-order valence-corrected chi connectivity index (χ3v) is 5.46. The predicted octanol–water partition coefficient (Wildman–Crippen LogP) is 4.11. The summed E-state index contributed by atoms with van der Waals surface area (Å²) in [5.74, 6) is 0.417. The van der Waals surface area contributed by atoms with Crippen molar-refractivity contribution in [3.8, 4) is 11.5 Å². The molecular weight excluding hydrogens is 440 g/mol. The number of carbonyl (C=O) groups is 2. The summed E-state index contributed by atoms with van der Waals surface area (Å²) in [6.45, 7) is -0.00749. The van der Waals surface area contributed by atoms with Gasteiger partial charge in [0.15, 0.2) is 18.1 Å². The van der Waals surface area contributed by atoms with Crippen LogP contribution >= 0.6 is 11.6 Å². The molecule has 0 radical (unpaired) electrons. The maximum absolute atomic E-state index is 13.4. The Bertz CT molecular complexity index is 1060. The van der Waals surface area contributed by atoms with Crippen LogP contribution in [0.25, 0.3) is 0 Å². The van der Waals surface area contributed by atoms with Gasteiger partial charge < -0.3 is 19.7 Å². The highest BCUT2D eigenvalue weighted by atomic mass is 35.5. The summed E-state index contributed by atoms with van der Waals surface area (Å²) in [6, 6.07) is 23.2. The van der Waals surface area contributed by atoms with Crippen LogP contribution in [-0.4, -0.2) is 43.5 Å². The van der Waals surface area contributed by atoms with E-state index in [0.29, 0.717) is 22.9 Å². The zero-order chi connectivity index (χ0) is 23.6. The average molecular weight is 467 g/mol. The second-order valence-electron chi connectivity index (χ2n) is 7.41. The topological polar surface area (TPSA) is 67.9 Å². The largest absolute Gasteiger partial charge is 0.493 e. The van der Waals surface area contributed by atoms with E-state index in [2.05, 4.69) is 5.32 Å². The maximum Gasteiger partial charge on any atom is 0.261 e. The molecule has 3 rings (SSSR count). The second-order valence-corrected chi connectivity index (χ2v) is 7.84. The fourth-order valence-electron chi connectivity index (χ4n) is 3.47. The van der Waals surface area contributed by atoms with Gasteiger partial charge in [-0.2, -0.15) is 0 Å². The van der Waals surface area contributed by atoms with E-state index < -0.39 is 6.04 Å². The van der Waals surface area contributed by atoms with Gasteiger partial charge in [-0.05, 0) is 35.4 Å². The molecule has 0 fully saturated rings. The Morgan fingerprint density at radius 3 is 2.18 bits per heavy atom. The molecule has 1 N–H and O–H groups in total. The van der Waals surface area contributed by atoms with Crippen molar-refractivity contribution in [1.29, 1.82) is 0 Å². The lowest BCUT2D eigenvalue weighted by Crippen LogP contribution is -2.51. The zero-order valence-electron chi connectivity index (χ0n) is 18.7. The summed E-state index contributed by atoms with van der Waals surface area (Å²) >= 11 is 6.02. The van der Waals surface area contributed by atoms with Crippen LogP contribution in [0.15, 0.2) is 78.9 Å². The molecule has 0 bridgehead atoms. The molecule has 3 aromatic carbocycles. The van der Waals surface area contributed by atoms with Crippen LogP contribution in [0.3, 0.4) is 0 Å². The summed E-state index contributed by atoms with van der Waals surface area (Å²) in [6.07, 6.45) is 0.370. The Hall–Kier alpha value is -3.51. The van der Waals surface area contributed by atoms with Gasteiger partial charge in [-0.1, -0.05) is 66.2 Å². The van der Waals surface area contributed by atoms with E-state index in [1.54, 1.807) is 49.4 Å². The molecule has 33 heavy (non-hydrogen) atoms. The lowest BCUT2D eigenvalue weighted by molar-refractivity contribution is -0.142. The molecule has 0 aliphatic carbocycles. The lowest BCUT2D eigenvalue weighted by atomic mass is 10.0. The van der Waals surface area contributed by atoms with Crippen molar-refractivity contribution in [2.24, 2.45) is 0 Å². The first-order chi connectivity index (χ1) is 16.0. The van der Waals surface area contributed by atoms with Crippen LogP contribution in [0.5, 0.6) is 11.5 Å². The molecule has 172 valence electrons. The van der Waals surface area contributed by atoms with Gasteiger partial charge in [-0.15, -0.1) is 0 Å². The molecule has 0 aromatic heterocycles. The molecule has 7 heteroatoms. The monoisotopic (exact) mass is 466 g/mol. The number of halogens is 1. The minimum absolute atomic E-state index is 0.232. The summed E-state index contributed by atoms with van der Waals surface area (Å²) in [4.78, 5) is 27.8. The number of amides is 2. The molecule has 0 saturated carbocycles. The predicted molar refractivity (Wildman–Crippen MR) is 128 cm³/mol. The van der Waals surface area contributed by atoms with Gasteiger partial charge in [0.25, 0.3) is 5.91 Å². The molecule has 6 nitrogen and oxygen atoms in total. The number of methoxy groups -OCH3 is 1. The highest BCUT2D eigenvalue weighted by molar-refractivity contribution is 6.30. The number of benzene rings is 3. The Morgan fingerprint density at radius 2 is 1.55 bits per heavy atom. The molecule has 0 aliphatic rings. The first-order valence-electron chi connectivity index (χ1n) is 10.6. The third-order valence-electron chi connectivity index (χ3n) is 5.20. The number of rotatable bonds is 10. The first-order valence-corrected chi connectivity index (χ1v) is 10.9. The molecule has 2 amide bonds. The quantitative estimate of drug-likeness (QED) is 0.488. The van der Waals surface area contributed by atoms with E-state index in [1.165, 1.54) is 0 Å². The van der Waals surface area contributed by atoms with Crippen molar-refractivity contribution in [3.63, 3.8) is 0 Å². The van der Waals surface area contributed by atoms with E-state index in [0.717, 1.165) is 11.1 Å². The van der Waals surface area contributed by atoms with Crippen LogP contribution in [0.1, 0.15) is 11.1 Å². The van der Waals surface area contributed by atoms with Crippen LogP contribution in [-0.2, 0) is 22.6 Å². The van der Waals surface area contributed by atoms with Crippen LogP contribution in [0.2, 0.25) is 5.02 Å². The number of nitrogens with zero attached hydrogens (tertiary/aromatic N) is 1. The molecule has 0 unspecified atom stereocenters. The molecule has 0 saturated heterocycles. The molecule has 0 aliphatic heterocycles. The summed E-state index contributed by atoms with van der Waals surface area (Å²) in [5.41, 5.74) is 1.80. The van der Waals surface area contributed by atoms with E-state index >= 15 is 0 Å². The lowest BCUT2D eigenvalue weighted by Gasteiger charge is -2.31. The minimum Gasteiger partial charge on any atom is -0.493 e. The van der Waals surface area contributed by atoms with E-state index in [-0.39, 0.29) is 25.0 Å². The summed E-state index contributed by atoms with van der Waals surface area (Å²) in [5, 5.41) is 3.29. The van der Waals surface area contributed by atoms with Gasteiger partial charge >= 0.3 is 0 Å². The number of carbonyl (C=O) groups excluding carboxylic acids is 2. The van der Waals surface area contributed by atoms with Crippen molar-refractivity contribution < 1.29 is 19.1 Å². The van der Waals surface area contributed by atoms with Crippen LogP contribution in [0, 0.1) is 0 Å². The van der Waals surface area contributed by atoms with Crippen molar-refractivity contribution >= 4 is 23.4 Å². The fourth-order valence-corrected chi connectivity index (χ4v) is 3.59. The first kappa shape index (κ1) is 24.1. The number of ether oxygens (including phenoxy) is 2. The van der Waals surface area contributed by atoms with Crippen molar-refractivity contribution in [1.82, 2.24) is 10.2 Å². The van der Waals surface area contributed by atoms with E-state index in [9.17, 15) is 9.59 Å². The Kier molecular flexibility index (Phi) is 8.72.